The maximum Gasteiger partial charge on any atom is 0.137 e. The van der Waals surface area contributed by atoms with E-state index in [1.54, 1.807) is 6.20 Å². The molecule has 0 saturated carbocycles. The Hall–Kier alpha value is -1.33. The van der Waals surface area contributed by atoms with E-state index >= 15 is 0 Å². The van der Waals surface area contributed by atoms with Gasteiger partial charge in [-0.05, 0) is 32.1 Å². The molecule has 5 nitrogen and oxygen atoms in total. The maximum absolute atomic E-state index is 5.54. The van der Waals surface area contributed by atoms with Gasteiger partial charge in [-0.3, -0.25) is 0 Å². The Kier molecular flexibility index (Phi) is 4.78. The summed E-state index contributed by atoms with van der Waals surface area (Å²) in [5, 5.41) is 0. The van der Waals surface area contributed by atoms with Crippen molar-refractivity contribution in [2.75, 3.05) is 51.3 Å². The van der Waals surface area contributed by atoms with Gasteiger partial charge in [-0.2, -0.15) is 0 Å². The summed E-state index contributed by atoms with van der Waals surface area (Å²) in [4.78, 5) is 9.10. The molecule has 2 heterocycles. The predicted octanol–water partition coefficient (Wildman–Crippen LogP) is 0.561. The quantitative estimate of drug-likeness (QED) is 0.774. The Morgan fingerprint density at radius 2 is 2.06 bits per heavy atom. The van der Waals surface area contributed by atoms with E-state index in [1.165, 1.54) is 0 Å². The van der Waals surface area contributed by atoms with Crippen LogP contribution in [0.1, 0.15) is 6.42 Å². The van der Waals surface area contributed by atoms with E-state index in [-0.39, 0.29) is 0 Å². The van der Waals surface area contributed by atoms with Crippen LogP contribution in [0, 0.1) is 0 Å². The van der Waals surface area contributed by atoms with Crippen LogP contribution in [-0.2, 0) is 0 Å². The zero-order chi connectivity index (χ0) is 12.8. The molecule has 1 aromatic heterocycles. The monoisotopic (exact) mass is 250 g/mol. The Bertz CT molecular complexity index is 347. The van der Waals surface area contributed by atoms with Crippen LogP contribution in [0.15, 0.2) is 18.3 Å². The molecule has 0 radical (unpaired) electrons. The molecule has 0 spiro atoms. The fraction of sp³-hybridized carbons (Fsp3) is 0.615. The van der Waals surface area contributed by atoms with Crippen molar-refractivity contribution in [2.45, 2.75) is 6.42 Å². The fourth-order valence-corrected chi connectivity index (χ4v) is 1.95. The first-order chi connectivity index (χ1) is 8.79. The van der Waals surface area contributed by atoms with Crippen LogP contribution in [0.3, 0.4) is 0 Å². The summed E-state index contributed by atoms with van der Waals surface area (Å²) in [6.45, 7) is 5.58. The van der Waals surface area contributed by atoms with Gasteiger partial charge in [0.15, 0.2) is 0 Å². The second kappa shape index (κ2) is 6.56. The largest absolute Gasteiger partial charge is 0.492 e. The molecule has 5 heteroatoms. The van der Waals surface area contributed by atoms with Crippen molar-refractivity contribution >= 4 is 5.82 Å². The predicted molar refractivity (Wildman–Crippen MR) is 73.1 cm³/mol. The molecule has 1 aromatic rings. The zero-order valence-electron chi connectivity index (χ0n) is 11.0. The zero-order valence-corrected chi connectivity index (χ0v) is 11.0. The van der Waals surface area contributed by atoms with Gasteiger partial charge in [-0.15, -0.1) is 0 Å². The molecule has 1 saturated heterocycles. The lowest BCUT2D eigenvalue weighted by Gasteiger charge is -2.33. The van der Waals surface area contributed by atoms with Crippen molar-refractivity contribution in [3.63, 3.8) is 0 Å². The molecule has 0 atom stereocenters. The average Bonchev–Trinajstić information content (AvgIpc) is 2.41. The van der Waals surface area contributed by atoms with E-state index in [2.05, 4.69) is 21.8 Å². The molecule has 100 valence electrons. The Balaban J connectivity index is 1.87. The summed E-state index contributed by atoms with van der Waals surface area (Å²) in [7, 11) is 2.15. The highest BCUT2D eigenvalue weighted by atomic mass is 16.5. The molecule has 2 rings (SSSR count). The van der Waals surface area contributed by atoms with E-state index in [1.807, 2.05) is 12.1 Å². The molecular formula is C13H22N4O. The van der Waals surface area contributed by atoms with Crippen LogP contribution in [0.4, 0.5) is 5.82 Å². The van der Waals surface area contributed by atoms with Gasteiger partial charge >= 0.3 is 0 Å². The topological polar surface area (TPSA) is 54.6 Å². The number of hydrogen-bond acceptors (Lipinski definition) is 5. The summed E-state index contributed by atoms with van der Waals surface area (Å²) in [6.07, 6.45) is 2.67. The van der Waals surface area contributed by atoms with Crippen molar-refractivity contribution in [3.05, 3.63) is 18.3 Å². The molecule has 0 bridgehead atoms. The summed E-state index contributed by atoms with van der Waals surface area (Å²) >= 11 is 0. The van der Waals surface area contributed by atoms with Gasteiger partial charge in [-0.25, -0.2) is 4.98 Å². The number of nitrogens with zero attached hydrogens (tertiary/aromatic N) is 3. The summed E-state index contributed by atoms with van der Waals surface area (Å²) in [5.74, 6) is 1.86. The Labute approximate surface area is 109 Å². The van der Waals surface area contributed by atoms with Crippen molar-refractivity contribution in [2.24, 2.45) is 5.73 Å². The molecule has 1 aliphatic heterocycles. The van der Waals surface area contributed by atoms with Gasteiger partial charge in [0.1, 0.15) is 11.6 Å². The van der Waals surface area contributed by atoms with Gasteiger partial charge in [0.25, 0.3) is 0 Å². The van der Waals surface area contributed by atoms with Crippen molar-refractivity contribution in [3.8, 4) is 5.75 Å². The van der Waals surface area contributed by atoms with Crippen molar-refractivity contribution < 1.29 is 4.74 Å². The molecule has 0 aliphatic carbocycles. The number of rotatable bonds is 5. The lowest BCUT2D eigenvalue weighted by molar-refractivity contribution is 0.309. The summed E-state index contributed by atoms with van der Waals surface area (Å²) in [5.41, 5.74) is 5.42. The molecule has 0 amide bonds. The van der Waals surface area contributed by atoms with Gasteiger partial charge in [0.2, 0.25) is 0 Å². The molecule has 0 unspecified atom stereocenters. The second-order valence-corrected chi connectivity index (χ2v) is 4.63. The van der Waals surface area contributed by atoms with Crippen LogP contribution in [-0.4, -0.2) is 56.3 Å². The van der Waals surface area contributed by atoms with Crippen molar-refractivity contribution in [1.29, 1.82) is 0 Å². The van der Waals surface area contributed by atoms with E-state index in [4.69, 9.17) is 10.5 Å². The first kappa shape index (κ1) is 13.1. The fourth-order valence-electron chi connectivity index (χ4n) is 1.95. The average molecular weight is 250 g/mol. The van der Waals surface area contributed by atoms with Gasteiger partial charge in [-0.1, -0.05) is 0 Å². The minimum absolute atomic E-state index is 0.659. The summed E-state index contributed by atoms with van der Waals surface area (Å²) in [6, 6.07) is 4.01. The van der Waals surface area contributed by atoms with E-state index < -0.39 is 0 Å². The molecule has 0 aromatic carbocycles. The molecule has 2 N–H and O–H groups in total. The third-order valence-corrected chi connectivity index (χ3v) is 3.17. The highest BCUT2D eigenvalue weighted by Crippen LogP contribution is 2.17. The number of nitrogens with two attached hydrogens (primary N) is 1. The number of anilines is 1. The van der Waals surface area contributed by atoms with Crippen LogP contribution in [0.25, 0.3) is 0 Å². The third kappa shape index (κ3) is 3.58. The maximum atomic E-state index is 5.54. The van der Waals surface area contributed by atoms with Crippen LogP contribution in [0.5, 0.6) is 5.75 Å². The van der Waals surface area contributed by atoms with Gasteiger partial charge < -0.3 is 20.3 Å². The van der Waals surface area contributed by atoms with Crippen LogP contribution >= 0.6 is 0 Å². The smallest absolute Gasteiger partial charge is 0.137 e. The lowest BCUT2D eigenvalue weighted by atomic mass is 10.3. The number of hydrogen-bond donors (Lipinski definition) is 1. The van der Waals surface area contributed by atoms with E-state index in [9.17, 15) is 0 Å². The molecule has 1 aliphatic rings. The number of piperazine rings is 1. The number of likely N-dealkylation sites (N-methyl/N-ethyl adjacent to an activating group) is 1. The highest BCUT2D eigenvalue weighted by molar-refractivity contribution is 5.41. The SMILES string of the molecule is CN1CCN(c2ccc(OCCCN)cn2)CC1. The highest BCUT2D eigenvalue weighted by Gasteiger charge is 2.14. The first-order valence-electron chi connectivity index (χ1n) is 6.52. The standard InChI is InChI=1S/C13H22N4O/c1-16-6-8-17(9-7-16)13-4-3-12(11-15-13)18-10-2-5-14/h3-4,11H,2,5-10,14H2,1H3. The second-order valence-electron chi connectivity index (χ2n) is 4.63. The minimum atomic E-state index is 0.659. The molecule has 1 fully saturated rings. The van der Waals surface area contributed by atoms with Crippen LogP contribution in [0.2, 0.25) is 0 Å². The summed E-state index contributed by atoms with van der Waals surface area (Å²) < 4.78 is 5.54. The first-order valence-corrected chi connectivity index (χ1v) is 6.52. The minimum Gasteiger partial charge on any atom is -0.492 e. The number of aromatic nitrogens is 1. The number of ether oxygens (including phenoxy) is 1. The normalized spacial score (nSPS) is 16.9. The van der Waals surface area contributed by atoms with Crippen LogP contribution < -0.4 is 15.4 Å². The van der Waals surface area contributed by atoms with Crippen molar-refractivity contribution in [1.82, 2.24) is 9.88 Å². The van der Waals surface area contributed by atoms with Gasteiger partial charge in [0.05, 0.1) is 12.8 Å². The Morgan fingerprint density at radius 1 is 1.28 bits per heavy atom. The van der Waals surface area contributed by atoms with Gasteiger partial charge in [0, 0.05) is 26.2 Å². The lowest BCUT2D eigenvalue weighted by Crippen LogP contribution is -2.44. The Morgan fingerprint density at radius 3 is 2.67 bits per heavy atom. The third-order valence-electron chi connectivity index (χ3n) is 3.17. The molecule has 18 heavy (non-hydrogen) atoms. The molecular weight excluding hydrogens is 228 g/mol. The van der Waals surface area contributed by atoms with E-state index in [0.29, 0.717) is 13.2 Å². The van der Waals surface area contributed by atoms with E-state index in [0.717, 1.165) is 44.2 Å². The number of pyridine rings is 1.